The van der Waals surface area contributed by atoms with E-state index in [4.69, 9.17) is 0 Å². The van der Waals surface area contributed by atoms with Crippen LogP contribution in [-0.2, 0) is 0 Å². The molecule has 82 valence electrons. The van der Waals surface area contributed by atoms with E-state index in [-0.39, 0.29) is 5.82 Å². The summed E-state index contributed by atoms with van der Waals surface area (Å²) in [5.41, 5.74) is 1.87. The summed E-state index contributed by atoms with van der Waals surface area (Å²) in [6.07, 6.45) is 3.12. The lowest BCUT2D eigenvalue weighted by atomic mass is 10.0. The Bertz CT molecular complexity index is 432. The van der Waals surface area contributed by atoms with Crippen molar-refractivity contribution in [3.05, 3.63) is 29.8 Å². The van der Waals surface area contributed by atoms with Crippen molar-refractivity contribution in [2.45, 2.75) is 33.6 Å². The summed E-state index contributed by atoms with van der Waals surface area (Å²) in [6.45, 7) is 8.15. The first-order chi connectivity index (χ1) is 7.18. The molecule has 2 nitrogen and oxygen atoms in total. The summed E-state index contributed by atoms with van der Waals surface area (Å²) in [7, 11) is 0. The van der Waals surface area contributed by atoms with Gasteiger partial charge < -0.3 is 4.98 Å². The van der Waals surface area contributed by atoms with Crippen LogP contribution in [0.15, 0.2) is 18.5 Å². The Morgan fingerprint density at radius 2 is 2.00 bits per heavy atom. The van der Waals surface area contributed by atoms with Crippen LogP contribution in [0.4, 0.5) is 4.39 Å². The molecule has 0 aromatic carbocycles. The quantitative estimate of drug-likeness (QED) is 0.757. The maximum absolute atomic E-state index is 12.9. The molecule has 2 heterocycles. The number of rotatable bonds is 1. The van der Waals surface area contributed by atoms with Crippen LogP contribution in [0.2, 0.25) is 0 Å². The van der Waals surface area contributed by atoms with Gasteiger partial charge in [-0.1, -0.05) is 27.7 Å². The molecule has 3 heteroatoms. The predicted molar refractivity (Wildman–Crippen MR) is 61.5 cm³/mol. The SMILES string of the molecule is CC.CC(C)c1c[nH]c2ncc(F)cc12. The Labute approximate surface area is 89.5 Å². The van der Waals surface area contributed by atoms with Gasteiger partial charge in [-0.3, -0.25) is 0 Å². The largest absolute Gasteiger partial charge is 0.346 e. The molecule has 2 aromatic heterocycles. The first-order valence-electron chi connectivity index (χ1n) is 5.31. The molecule has 0 spiro atoms. The molecule has 0 radical (unpaired) electrons. The van der Waals surface area contributed by atoms with Crippen molar-refractivity contribution < 1.29 is 4.39 Å². The fraction of sp³-hybridized carbons (Fsp3) is 0.417. The van der Waals surface area contributed by atoms with Gasteiger partial charge in [0.25, 0.3) is 0 Å². The van der Waals surface area contributed by atoms with E-state index < -0.39 is 0 Å². The maximum Gasteiger partial charge on any atom is 0.142 e. The van der Waals surface area contributed by atoms with Crippen LogP contribution in [-0.4, -0.2) is 9.97 Å². The zero-order valence-corrected chi connectivity index (χ0v) is 9.63. The molecule has 0 aliphatic carbocycles. The van der Waals surface area contributed by atoms with Gasteiger partial charge in [0, 0.05) is 11.6 Å². The van der Waals surface area contributed by atoms with Crippen molar-refractivity contribution in [2.24, 2.45) is 0 Å². The van der Waals surface area contributed by atoms with E-state index in [1.54, 1.807) is 0 Å². The summed E-state index contributed by atoms with van der Waals surface area (Å²) in [5.74, 6) is 0.103. The second-order valence-corrected chi connectivity index (χ2v) is 3.45. The van der Waals surface area contributed by atoms with Crippen molar-refractivity contribution >= 4 is 11.0 Å². The number of aromatic amines is 1. The smallest absolute Gasteiger partial charge is 0.142 e. The van der Waals surface area contributed by atoms with E-state index in [0.717, 1.165) is 16.6 Å². The van der Waals surface area contributed by atoms with Crippen molar-refractivity contribution in [1.82, 2.24) is 9.97 Å². The molecule has 0 saturated heterocycles. The average molecular weight is 208 g/mol. The molecule has 0 aliphatic heterocycles. The van der Waals surface area contributed by atoms with E-state index in [0.29, 0.717) is 5.92 Å². The molecule has 0 bridgehead atoms. The summed E-state index contributed by atoms with van der Waals surface area (Å²) in [4.78, 5) is 6.97. The standard InChI is InChI=1S/C10H11FN2.C2H6/c1-6(2)9-5-13-10-8(9)3-7(11)4-12-10;1-2/h3-6H,1-2H3,(H,12,13);1-2H3. The average Bonchev–Trinajstić information content (AvgIpc) is 2.63. The van der Waals surface area contributed by atoms with Gasteiger partial charge in [0.2, 0.25) is 0 Å². The zero-order chi connectivity index (χ0) is 11.4. The Kier molecular flexibility index (Phi) is 3.83. The fourth-order valence-electron chi connectivity index (χ4n) is 1.48. The lowest BCUT2D eigenvalue weighted by Crippen LogP contribution is -1.85. The Hall–Kier alpha value is -1.38. The molecule has 0 saturated carbocycles. The first-order valence-corrected chi connectivity index (χ1v) is 5.31. The van der Waals surface area contributed by atoms with E-state index in [9.17, 15) is 4.39 Å². The van der Waals surface area contributed by atoms with Gasteiger partial charge in [-0.2, -0.15) is 0 Å². The topological polar surface area (TPSA) is 28.7 Å². The molecular formula is C12H17FN2. The van der Waals surface area contributed by atoms with E-state index >= 15 is 0 Å². The second kappa shape index (κ2) is 4.91. The minimum Gasteiger partial charge on any atom is -0.346 e. The number of pyridine rings is 1. The molecule has 2 rings (SSSR count). The summed E-state index contributed by atoms with van der Waals surface area (Å²) < 4.78 is 12.9. The van der Waals surface area contributed by atoms with Crippen LogP contribution in [0.1, 0.15) is 39.2 Å². The number of aromatic nitrogens is 2. The molecular weight excluding hydrogens is 191 g/mol. The molecule has 15 heavy (non-hydrogen) atoms. The van der Waals surface area contributed by atoms with Gasteiger partial charge in [-0.05, 0) is 17.5 Å². The van der Waals surface area contributed by atoms with Crippen LogP contribution in [0.5, 0.6) is 0 Å². The summed E-state index contributed by atoms with van der Waals surface area (Å²) in [6, 6.07) is 1.52. The number of hydrogen-bond donors (Lipinski definition) is 1. The van der Waals surface area contributed by atoms with Crippen LogP contribution in [0.3, 0.4) is 0 Å². The number of H-pyrrole nitrogens is 1. The Morgan fingerprint density at radius 3 is 2.60 bits per heavy atom. The number of hydrogen-bond acceptors (Lipinski definition) is 1. The molecule has 0 fully saturated rings. The van der Waals surface area contributed by atoms with E-state index in [1.807, 2.05) is 20.0 Å². The number of halogens is 1. The van der Waals surface area contributed by atoms with Gasteiger partial charge >= 0.3 is 0 Å². The third-order valence-electron chi connectivity index (χ3n) is 2.15. The molecule has 0 aliphatic rings. The second-order valence-electron chi connectivity index (χ2n) is 3.45. The van der Waals surface area contributed by atoms with Crippen molar-refractivity contribution in [3.63, 3.8) is 0 Å². The molecule has 0 unspecified atom stereocenters. The summed E-state index contributed by atoms with van der Waals surface area (Å²) >= 11 is 0. The van der Waals surface area contributed by atoms with Crippen LogP contribution in [0, 0.1) is 5.82 Å². The van der Waals surface area contributed by atoms with E-state index in [1.165, 1.54) is 12.3 Å². The minimum atomic E-state index is -0.283. The van der Waals surface area contributed by atoms with Gasteiger partial charge in [0.1, 0.15) is 11.5 Å². The van der Waals surface area contributed by atoms with Gasteiger partial charge in [0.05, 0.1) is 6.20 Å². The Morgan fingerprint density at radius 1 is 1.33 bits per heavy atom. The monoisotopic (exact) mass is 208 g/mol. The third-order valence-corrected chi connectivity index (χ3v) is 2.15. The Balaban J connectivity index is 0.000000531. The van der Waals surface area contributed by atoms with Crippen molar-refractivity contribution in [2.75, 3.05) is 0 Å². The van der Waals surface area contributed by atoms with Gasteiger partial charge in [-0.25, -0.2) is 9.37 Å². The van der Waals surface area contributed by atoms with Gasteiger partial charge in [0.15, 0.2) is 0 Å². The molecule has 2 aromatic rings. The highest BCUT2D eigenvalue weighted by atomic mass is 19.1. The van der Waals surface area contributed by atoms with E-state index in [2.05, 4.69) is 23.8 Å². The normalized spacial score (nSPS) is 10.3. The fourth-order valence-corrected chi connectivity index (χ4v) is 1.48. The minimum absolute atomic E-state index is 0.283. The highest BCUT2D eigenvalue weighted by Crippen LogP contribution is 2.23. The highest BCUT2D eigenvalue weighted by molar-refractivity contribution is 5.80. The highest BCUT2D eigenvalue weighted by Gasteiger charge is 2.08. The zero-order valence-electron chi connectivity index (χ0n) is 9.63. The summed E-state index contributed by atoms with van der Waals surface area (Å²) in [5, 5.41) is 0.884. The molecule has 0 amide bonds. The maximum atomic E-state index is 12.9. The van der Waals surface area contributed by atoms with Crippen molar-refractivity contribution in [1.29, 1.82) is 0 Å². The first kappa shape index (κ1) is 11.7. The number of fused-ring (bicyclic) bond motifs is 1. The third kappa shape index (κ3) is 2.35. The van der Waals surface area contributed by atoms with Crippen LogP contribution < -0.4 is 0 Å². The molecule has 0 atom stereocenters. The predicted octanol–water partition coefficient (Wildman–Crippen LogP) is 3.85. The van der Waals surface area contributed by atoms with Crippen LogP contribution >= 0.6 is 0 Å². The van der Waals surface area contributed by atoms with Gasteiger partial charge in [-0.15, -0.1) is 0 Å². The molecule has 1 N–H and O–H groups in total. The lowest BCUT2D eigenvalue weighted by Gasteiger charge is -2.00. The van der Waals surface area contributed by atoms with Crippen molar-refractivity contribution in [3.8, 4) is 0 Å². The number of nitrogens with zero attached hydrogens (tertiary/aromatic N) is 1. The van der Waals surface area contributed by atoms with Crippen LogP contribution in [0.25, 0.3) is 11.0 Å². The number of nitrogens with one attached hydrogen (secondary N) is 1. The lowest BCUT2D eigenvalue weighted by molar-refractivity contribution is 0.624.